The Hall–Kier alpha value is -2.38. The third kappa shape index (κ3) is 2.93. The molecule has 3 aliphatic carbocycles. The summed E-state index contributed by atoms with van der Waals surface area (Å²) in [5, 5.41) is 10.2. The molecular formula is C27H28Cl2N2O5. The van der Waals surface area contributed by atoms with Crippen LogP contribution in [0, 0.1) is 17.8 Å². The number of amides is 4. The molecule has 6 rings (SSSR count). The fourth-order valence-electron chi connectivity index (χ4n) is 7.55. The van der Waals surface area contributed by atoms with E-state index in [2.05, 4.69) is 0 Å². The summed E-state index contributed by atoms with van der Waals surface area (Å²) in [6.45, 7) is 0. The van der Waals surface area contributed by atoms with E-state index in [1.165, 1.54) is 24.1 Å². The van der Waals surface area contributed by atoms with Crippen LogP contribution in [0.4, 0.5) is 0 Å². The summed E-state index contributed by atoms with van der Waals surface area (Å²) in [5.74, 6) is -4.06. The highest BCUT2D eigenvalue weighted by Gasteiger charge is 2.75. The van der Waals surface area contributed by atoms with E-state index in [4.69, 9.17) is 23.2 Å². The summed E-state index contributed by atoms with van der Waals surface area (Å²) in [5.41, 5.74) is 1.29. The number of likely N-dealkylation sites (tertiary alicyclic amines) is 2. The lowest BCUT2D eigenvalue weighted by Crippen LogP contribution is -2.60. The number of phenols is 1. The van der Waals surface area contributed by atoms with Gasteiger partial charge in [0.05, 0.1) is 11.8 Å². The molecule has 7 nitrogen and oxygen atoms in total. The SMILES string of the molecule is CN1C(=O)[C@]2(Cl)C[C@@H]3C(=CC[C@@H]4C(=O)N(C5CCCCC5)C(=O)[C@@H]43)[C@H](c3cccc(O)c3)[C@]2(Cl)C1=O. The van der Waals surface area contributed by atoms with Crippen molar-refractivity contribution in [3.63, 3.8) is 0 Å². The first-order valence-electron chi connectivity index (χ1n) is 12.7. The van der Waals surface area contributed by atoms with Crippen molar-refractivity contribution in [1.29, 1.82) is 0 Å². The van der Waals surface area contributed by atoms with Crippen molar-refractivity contribution in [1.82, 2.24) is 9.80 Å². The second kappa shape index (κ2) is 8.06. The zero-order valence-electron chi connectivity index (χ0n) is 20.0. The van der Waals surface area contributed by atoms with Crippen LogP contribution in [0.5, 0.6) is 5.75 Å². The van der Waals surface area contributed by atoms with Crippen LogP contribution in [-0.2, 0) is 19.2 Å². The van der Waals surface area contributed by atoms with Crippen molar-refractivity contribution >= 4 is 46.8 Å². The maximum absolute atomic E-state index is 13.9. The number of benzene rings is 1. The van der Waals surface area contributed by atoms with E-state index in [1.807, 2.05) is 6.08 Å². The quantitative estimate of drug-likeness (QED) is 0.357. The van der Waals surface area contributed by atoms with Gasteiger partial charge < -0.3 is 5.11 Å². The number of carbonyl (C=O) groups excluding carboxylic acids is 4. The third-order valence-electron chi connectivity index (χ3n) is 9.19. The molecule has 5 aliphatic rings. The van der Waals surface area contributed by atoms with Gasteiger partial charge in [-0.15, -0.1) is 23.2 Å². The molecule has 0 bridgehead atoms. The Bertz CT molecular complexity index is 1230. The summed E-state index contributed by atoms with van der Waals surface area (Å²) < 4.78 is 0. The fraction of sp³-hybridized carbons (Fsp3) is 0.556. The number of nitrogens with zero attached hydrogens (tertiary/aromatic N) is 2. The molecule has 36 heavy (non-hydrogen) atoms. The van der Waals surface area contributed by atoms with E-state index >= 15 is 0 Å². The highest BCUT2D eigenvalue weighted by Crippen LogP contribution is 2.65. The van der Waals surface area contributed by atoms with Crippen molar-refractivity contribution in [3.8, 4) is 5.75 Å². The maximum Gasteiger partial charge on any atom is 0.253 e. The number of hydrogen-bond donors (Lipinski definition) is 1. The van der Waals surface area contributed by atoms with Crippen LogP contribution in [0.2, 0.25) is 0 Å². The third-order valence-corrected chi connectivity index (χ3v) is 10.6. The molecule has 9 heteroatoms. The number of phenolic OH excluding ortho intramolecular Hbond substituents is 1. The van der Waals surface area contributed by atoms with Crippen molar-refractivity contribution in [2.45, 2.75) is 66.7 Å². The Morgan fingerprint density at radius 2 is 1.69 bits per heavy atom. The van der Waals surface area contributed by atoms with Gasteiger partial charge in [0.2, 0.25) is 11.8 Å². The van der Waals surface area contributed by atoms with E-state index in [-0.39, 0.29) is 30.0 Å². The van der Waals surface area contributed by atoms with Crippen molar-refractivity contribution in [2.24, 2.45) is 17.8 Å². The van der Waals surface area contributed by atoms with Crippen LogP contribution >= 0.6 is 23.2 Å². The lowest BCUT2D eigenvalue weighted by Gasteiger charge is -2.50. The Morgan fingerprint density at radius 1 is 0.972 bits per heavy atom. The molecule has 1 aromatic rings. The lowest BCUT2D eigenvalue weighted by atomic mass is 9.56. The average Bonchev–Trinajstić information content (AvgIpc) is 3.19. The van der Waals surface area contributed by atoms with Gasteiger partial charge in [0.1, 0.15) is 5.75 Å². The highest BCUT2D eigenvalue weighted by molar-refractivity contribution is 6.53. The molecular weight excluding hydrogens is 503 g/mol. The van der Waals surface area contributed by atoms with Gasteiger partial charge in [0.15, 0.2) is 9.75 Å². The molecule has 2 saturated carbocycles. The molecule has 4 amide bonds. The number of carbonyl (C=O) groups is 4. The first-order valence-corrected chi connectivity index (χ1v) is 13.4. The minimum Gasteiger partial charge on any atom is -0.508 e. The zero-order chi connectivity index (χ0) is 25.6. The molecule has 4 fully saturated rings. The number of allylic oxidation sites excluding steroid dienone is 2. The minimum absolute atomic E-state index is 0.00713. The Balaban J connectivity index is 1.49. The number of hydrogen-bond acceptors (Lipinski definition) is 5. The number of fused-ring (bicyclic) bond motifs is 4. The molecule has 190 valence electrons. The smallest absolute Gasteiger partial charge is 0.253 e. The molecule has 6 atom stereocenters. The van der Waals surface area contributed by atoms with Crippen LogP contribution in [0.3, 0.4) is 0 Å². The fourth-order valence-corrected chi connectivity index (χ4v) is 8.57. The second-order valence-electron chi connectivity index (χ2n) is 10.9. The van der Waals surface area contributed by atoms with E-state index in [0.29, 0.717) is 12.0 Å². The van der Waals surface area contributed by atoms with Gasteiger partial charge in [-0.2, -0.15) is 0 Å². The second-order valence-corrected chi connectivity index (χ2v) is 12.2. The van der Waals surface area contributed by atoms with E-state index in [9.17, 15) is 24.3 Å². The standard InChI is InChI=1S/C27H28Cl2N2O5/c1-30-24(35)26(28)13-19-17(21(27(26,29)25(30)36)14-6-5-9-16(32)12-14)10-11-18-20(19)23(34)31(22(18)33)15-7-3-2-4-8-15/h5-6,9-10,12,15,18-21,32H,2-4,7-8,11,13H2,1H3/t18-,19+,20-,21-,26+,27-/m0/s1. The van der Waals surface area contributed by atoms with Gasteiger partial charge in [-0.25, -0.2) is 0 Å². The number of halogens is 2. The van der Waals surface area contributed by atoms with E-state index in [1.54, 1.807) is 12.1 Å². The summed E-state index contributed by atoms with van der Waals surface area (Å²) in [6.07, 6.45) is 7.00. The van der Waals surface area contributed by atoms with Crippen LogP contribution in [0.1, 0.15) is 56.4 Å². The summed E-state index contributed by atoms with van der Waals surface area (Å²) in [6, 6.07) is 6.34. The topological polar surface area (TPSA) is 95.0 Å². The lowest BCUT2D eigenvalue weighted by molar-refractivity contribution is -0.144. The number of rotatable bonds is 2. The predicted octanol–water partition coefficient (Wildman–Crippen LogP) is 3.71. The molecule has 0 aromatic heterocycles. The Morgan fingerprint density at radius 3 is 2.39 bits per heavy atom. The summed E-state index contributed by atoms with van der Waals surface area (Å²) >= 11 is 14.2. The van der Waals surface area contributed by atoms with Gasteiger partial charge in [-0.05, 0) is 49.3 Å². The zero-order valence-corrected chi connectivity index (χ0v) is 21.5. The maximum atomic E-state index is 13.9. The van der Waals surface area contributed by atoms with Crippen LogP contribution in [0.25, 0.3) is 0 Å². The normalized spacial score (nSPS) is 38.7. The van der Waals surface area contributed by atoms with Gasteiger partial charge in [-0.3, -0.25) is 29.0 Å². The van der Waals surface area contributed by atoms with Crippen molar-refractivity contribution < 1.29 is 24.3 Å². The molecule has 2 saturated heterocycles. The highest BCUT2D eigenvalue weighted by atomic mass is 35.5. The first kappa shape index (κ1) is 24.0. The number of aromatic hydroxyl groups is 1. The number of imide groups is 2. The molecule has 0 unspecified atom stereocenters. The van der Waals surface area contributed by atoms with Gasteiger partial charge in [-0.1, -0.05) is 43.0 Å². The largest absolute Gasteiger partial charge is 0.508 e. The number of alkyl halides is 2. The van der Waals surface area contributed by atoms with Crippen LogP contribution < -0.4 is 0 Å². The van der Waals surface area contributed by atoms with Gasteiger partial charge in [0, 0.05) is 19.0 Å². The Labute approximate surface area is 219 Å². The van der Waals surface area contributed by atoms with Crippen molar-refractivity contribution in [2.75, 3.05) is 7.05 Å². The van der Waals surface area contributed by atoms with Gasteiger partial charge >= 0.3 is 0 Å². The minimum atomic E-state index is -1.82. The first-order chi connectivity index (χ1) is 17.1. The monoisotopic (exact) mass is 530 g/mol. The van der Waals surface area contributed by atoms with E-state index < -0.39 is 45.2 Å². The molecule has 2 aliphatic heterocycles. The molecule has 2 heterocycles. The van der Waals surface area contributed by atoms with Crippen LogP contribution in [-0.4, -0.2) is 61.4 Å². The summed E-state index contributed by atoms with van der Waals surface area (Å²) in [7, 11) is 1.37. The summed E-state index contributed by atoms with van der Waals surface area (Å²) in [4.78, 5) is 53.2. The Kier molecular flexibility index (Phi) is 5.37. The van der Waals surface area contributed by atoms with E-state index in [0.717, 1.165) is 42.6 Å². The van der Waals surface area contributed by atoms with Gasteiger partial charge in [0.25, 0.3) is 11.8 Å². The molecule has 1 aromatic carbocycles. The molecule has 0 radical (unpaired) electrons. The predicted molar refractivity (Wildman–Crippen MR) is 132 cm³/mol. The molecule has 1 N–H and O–H groups in total. The van der Waals surface area contributed by atoms with Crippen LogP contribution in [0.15, 0.2) is 35.9 Å². The molecule has 0 spiro atoms. The average molecular weight is 531 g/mol. The van der Waals surface area contributed by atoms with Crippen molar-refractivity contribution in [3.05, 3.63) is 41.5 Å².